The molecule has 1 saturated heterocycles. The monoisotopic (exact) mass is 392 g/mol. The number of alkyl halides is 3. The number of hydrogen-bond donors (Lipinski definition) is 2. The minimum absolute atomic E-state index is 0.180. The van der Waals surface area contributed by atoms with Crippen LogP contribution in [-0.2, 0) is 0 Å². The van der Waals surface area contributed by atoms with E-state index in [9.17, 15) is 13.2 Å². The molecule has 9 heteroatoms. The average Bonchev–Trinajstić information content (AvgIpc) is 2.70. The Morgan fingerprint density at radius 1 is 1.04 bits per heavy atom. The third kappa shape index (κ3) is 4.53. The van der Waals surface area contributed by atoms with E-state index >= 15 is 0 Å². The molecule has 4 N–H and O–H groups in total. The number of nitrogens with two attached hydrogens (primary N) is 2. The van der Waals surface area contributed by atoms with Crippen molar-refractivity contribution >= 4 is 11.0 Å². The van der Waals surface area contributed by atoms with Crippen molar-refractivity contribution in [3.8, 4) is 0 Å². The van der Waals surface area contributed by atoms with Gasteiger partial charge in [0.25, 0.3) is 0 Å². The maximum absolute atomic E-state index is 12.4. The third-order valence-electron chi connectivity index (χ3n) is 4.96. The molecule has 1 aromatic carbocycles. The number of hydrogen-bond acceptors (Lipinski definition) is 6. The maximum Gasteiger partial charge on any atom is 0.430 e. The Hall–Kier alpha value is -2.81. The van der Waals surface area contributed by atoms with E-state index in [0.29, 0.717) is 13.1 Å². The summed E-state index contributed by atoms with van der Waals surface area (Å²) in [6.45, 7) is 4.86. The second-order valence-electron chi connectivity index (χ2n) is 6.71. The van der Waals surface area contributed by atoms with Crippen molar-refractivity contribution < 1.29 is 13.2 Å². The van der Waals surface area contributed by atoms with Gasteiger partial charge in [-0.2, -0.15) is 13.2 Å². The van der Waals surface area contributed by atoms with E-state index in [0.717, 1.165) is 35.8 Å². The van der Waals surface area contributed by atoms with E-state index in [1.54, 1.807) is 12.4 Å². The molecule has 1 aliphatic rings. The quantitative estimate of drug-likeness (QED) is 0.778. The summed E-state index contributed by atoms with van der Waals surface area (Å²) in [7, 11) is 0. The fourth-order valence-corrected chi connectivity index (χ4v) is 3.19. The molecule has 1 atom stereocenters. The summed E-state index contributed by atoms with van der Waals surface area (Å²) in [5.41, 5.74) is 12.6. The van der Waals surface area contributed by atoms with Gasteiger partial charge in [-0.05, 0) is 36.8 Å². The number of rotatable bonds is 4. The van der Waals surface area contributed by atoms with Crippen LogP contribution in [0, 0.1) is 0 Å². The second-order valence-corrected chi connectivity index (χ2v) is 6.71. The highest BCUT2D eigenvalue weighted by molar-refractivity contribution is 5.74. The van der Waals surface area contributed by atoms with E-state index in [1.807, 2.05) is 23.1 Å². The van der Waals surface area contributed by atoms with E-state index < -0.39 is 11.9 Å². The van der Waals surface area contributed by atoms with Crippen LogP contribution in [-0.4, -0.2) is 52.1 Å². The minimum atomic E-state index is -4.55. The van der Waals surface area contributed by atoms with E-state index in [4.69, 9.17) is 11.5 Å². The van der Waals surface area contributed by atoms with Gasteiger partial charge in [0.1, 0.15) is 5.70 Å². The van der Waals surface area contributed by atoms with Crippen LogP contribution in [0.2, 0.25) is 0 Å². The Morgan fingerprint density at radius 3 is 2.32 bits per heavy atom. The summed E-state index contributed by atoms with van der Waals surface area (Å²) < 4.78 is 37.3. The maximum atomic E-state index is 12.4. The van der Waals surface area contributed by atoms with Crippen LogP contribution >= 0.6 is 0 Å². The number of halogens is 3. The number of allylic oxidation sites excluding steroid dienone is 3. The molecule has 150 valence electrons. The predicted molar refractivity (Wildman–Crippen MR) is 102 cm³/mol. The average molecular weight is 392 g/mol. The van der Waals surface area contributed by atoms with Crippen molar-refractivity contribution in [1.29, 1.82) is 0 Å². The van der Waals surface area contributed by atoms with Gasteiger partial charge in [0.15, 0.2) is 0 Å². The van der Waals surface area contributed by atoms with E-state index in [1.165, 1.54) is 6.08 Å². The zero-order chi connectivity index (χ0) is 20.3. The molecule has 0 bridgehead atoms. The second kappa shape index (κ2) is 8.05. The summed E-state index contributed by atoms with van der Waals surface area (Å²) in [6.07, 6.45) is 0.810. The van der Waals surface area contributed by atoms with Crippen LogP contribution in [0.1, 0.15) is 18.5 Å². The Morgan fingerprint density at radius 2 is 1.68 bits per heavy atom. The highest BCUT2D eigenvalue weighted by Crippen LogP contribution is 2.25. The number of aromatic nitrogens is 2. The summed E-state index contributed by atoms with van der Waals surface area (Å²) in [6, 6.07) is 6.23. The van der Waals surface area contributed by atoms with Crippen LogP contribution in [0.25, 0.3) is 11.0 Å². The SMILES string of the molecule is CC(c1ccc2nccnc2c1)N1CCN(/C(N)=C/C=C(\N)C(F)(F)F)CC1. The van der Waals surface area contributed by atoms with Crippen molar-refractivity contribution in [2.45, 2.75) is 19.1 Å². The number of nitrogens with zero attached hydrogens (tertiary/aromatic N) is 4. The molecular weight excluding hydrogens is 369 g/mol. The minimum Gasteiger partial charge on any atom is -0.395 e. The van der Waals surface area contributed by atoms with Crippen LogP contribution in [0.5, 0.6) is 0 Å². The summed E-state index contributed by atoms with van der Waals surface area (Å²) in [4.78, 5) is 12.8. The third-order valence-corrected chi connectivity index (χ3v) is 4.96. The molecule has 2 heterocycles. The number of benzene rings is 1. The predicted octanol–water partition coefficient (Wildman–Crippen LogP) is 2.51. The molecule has 6 nitrogen and oxygen atoms in total. The molecule has 0 radical (unpaired) electrons. The molecule has 0 aliphatic carbocycles. The highest BCUT2D eigenvalue weighted by atomic mass is 19.4. The van der Waals surface area contributed by atoms with Gasteiger partial charge in [-0.1, -0.05) is 6.07 Å². The molecule has 2 aromatic rings. The lowest BCUT2D eigenvalue weighted by atomic mass is 10.0. The first-order valence-corrected chi connectivity index (χ1v) is 8.95. The molecule has 1 fully saturated rings. The van der Waals surface area contributed by atoms with Gasteiger partial charge in [-0.25, -0.2) is 0 Å². The molecule has 3 rings (SSSR count). The lowest BCUT2D eigenvalue weighted by molar-refractivity contribution is -0.0926. The molecule has 0 amide bonds. The molecular formula is C19H23F3N6. The van der Waals surface area contributed by atoms with Crippen molar-refractivity contribution in [2.75, 3.05) is 26.2 Å². The Labute approximate surface area is 161 Å². The van der Waals surface area contributed by atoms with Gasteiger partial charge in [-0.15, -0.1) is 0 Å². The summed E-state index contributed by atoms with van der Waals surface area (Å²) in [5, 5.41) is 0. The zero-order valence-corrected chi connectivity index (χ0v) is 15.5. The number of fused-ring (bicyclic) bond motifs is 1. The highest BCUT2D eigenvalue weighted by Gasteiger charge is 2.31. The van der Waals surface area contributed by atoms with E-state index in [-0.39, 0.29) is 11.9 Å². The van der Waals surface area contributed by atoms with Crippen LogP contribution in [0.4, 0.5) is 13.2 Å². The summed E-state index contributed by atoms with van der Waals surface area (Å²) >= 11 is 0. The van der Waals surface area contributed by atoms with Crippen molar-refractivity contribution in [3.05, 3.63) is 59.8 Å². The van der Waals surface area contributed by atoms with Crippen LogP contribution in [0.15, 0.2) is 54.3 Å². The van der Waals surface area contributed by atoms with Gasteiger partial charge in [-0.3, -0.25) is 14.9 Å². The first-order valence-electron chi connectivity index (χ1n) is 8.95. The largest absolute Gasteiger partial charge is 0.430 e. The van der Waals surface area contributed by atoms with Gasteiger partial charge in [0.2, 0.25) is 0 Å². The Bertz CT molecular complexity index is 885. The zero-order valence-electron chi connectivity index (χ0n) is 15.5. The van der Waals surface area contributed by atoms with Crippen LogP contribution in [0.3, 0.4) is 0 Å². The van der Waals surface area contributed by atoms with Gasteiger partial charge in [0.05, 0.1) is 16.9 Å². The summed E-state index contributed by atoms with van der Waals surface area (Å²) in [5.74, 6) is 0.278. The molecule has 1 unspecified atom stereocenters. The Balaban J connectivity index is 1.62. The molecule has 28 heavy (non-hydrogen) atoms. The Kier molecular flexibility index (Phi) is 5.73. The topological polar surface area (TPSA) is 84.3 Å². The lowest BCUT2D eigenvalue weighted by Gasteiger charge is -2.39. The van der Waals surface area contributed by atoms with Gasteiger partial charge < -0.3 is 16.4 Å². The smallest absolute Gasteiger partial charge is 0.395 e. The van der Waals surface area contributed by atoms with E-state index in [2.05, 4.69) is 21.8 Å². The molecule has 0 spiro atoms. The molecule has 1 aliphatic heterocycles. The van der Waals surface area contributed by atoms with Crippen molar-refractivity contribution in [1.82, 2.24) is 19.8 Å². The normalized spacial score (nSPS) is 18.5. The molecule has 0 saturated carbocycles. The first-order chi connectivity index (χ1) is 13.3. The number of piperazine rings is 1. The standard InChI is InChI=1S/C19H23F3N6/c1-13(14-2-3-15-16(12-14)26-7-6-25-15)27-8-10-28(11-9-27)18(24)5-4-17(23)19(20,21)22/h2-7,12-13H,8-11,23-24H2,1H3/b17-4-,18-5+. The van der Waals surface area contributed by atoms with Crippen molar-refractivity contribution in [3.63, 3.8) is 0 Å². The fourth-order valence-electron chi connectivity index (χ4n) is 3.19. The van der Waals surface area contributed by atoms with Gasteiger partial charge in [0, 0.05) is 44.6 Å². The lowest BCUT2D eigenvalue weighted by Crippen LogP contribution is -2.47. The van der Waals surface area contributed by atoms with Crippen LogP contribution < -0.4 is 11.5 Å². The first kappa shape index (κ1) is 19.9. The fraction of sp³-hybridized carbons (Fsp3) is 0.368. The van der Waals surface area contributed by atoms with Gasteiger partial charge >= 0.3 is 6.18 Å². The molecule has 1 aromatic heterocycles. The van der Waals surface area contributed by atoms with Crippen molar-refractivity contribution in [2.24, 2.45) is 11.5 Å².